The molecule has 0 radical (unpaired) electrons. The fourth-order valence-electron chi connectivity index (χ4n) is 8.57. The van der Waals surface area contributed by atoms with Crippen molar-refractivity contribution in [3.8, 4) is 0 Å². The van der Waals surface area contributed by atoms with Gasteiger partial charge in [-0.3, -0.25) is 0 Å². The minimum atomic E-state index is -6.97. The fraction of sp³-hybridized carbons (Fsp3) is 0.324. The summed E-state index contributed by atoms with van der Waals surface area (Å²) < 4.78 is 318. The molecular weight excluding hydrogens is 925 g/mol. The van der Waals surface area contributed by atoms with E-state index in [1.807, 2.05) is 0 Å². The molecule has 63 heavy (non-hydrogen) atoms. The molecule has 26 heteroatoms. The Morgan fingerprint density at radius 2 is 0.556 bits per heavy atom. The van der Waals surface area contributed by atoms with Crippen molar-refractivity contribution in [3.63, 3.8) is 0 Å². The van der Waals surface area contributed by atoms with Gasteiger partial charge in [0, 0.05) is 10.9 Å². The summed E-state index contributed by atoms with van der Waals surface area (Å²) in [6.07, 6.45) is 0. The van der Waals surface area contributed by atoms with Gasteiger partial charge < -0.3 is 9.23 Å². The number of halogens is 20. The third-order valence-electron chi connectivity index (χ3n) is 10.1. The van der Waals surface area contributed by atoms with E-state index in [-0.39, 0.29) is 0 Å². The number of hydrogen-bond donors (Lipinski definition) is 0. The van der Waals surface area contributed by atoms with Gasteiger partial charge in [-0.05, 0) is 62.3 Å². The molecule has 0 unspecified atom stereocenters. The second-order valence-corrected chi connectivity index (χ2v) is 22.5. The third kappa shape index (κ3) is 7.41. The van der Waals surface area contributed by atoms with Crippen LogP contribution in [-0.2, 0) is 9.23 Å². The van der Waals surface area contributed by atoms with Gasteiger partial charge in [-0.1, -0.05) is 10.9 Å². The highest BCUT2D eigenvalue weighted by molar-refractivity contribution is 7.94. The molecule has 3 nitrogen and oxygen atoms in total. The van der Waals surface area contributed by atoms with Crippen molar-refractivity contribution in [1.29, 1.82) is 0 Å². The first-order chi connectivity index (χ1) is 28.4. The zero-order valence-corrected chi connectivity index (χ0v) is 34.3. The Balaban J connectivity index is 2.58. The molecular formula is C37H27B2F20O3P. The van der Waals surface area contributed by atoms with Gasteiger partial charge in [0.25, 0.3) is 0 Å². The van der Waals surface area contributed by atoms with Crippen LogP contribution in [0.1, 0.15) is 62.3 Å². The maximum absolute atomic E-state index is 16.4. The molecule has 0 bridgehead atoms. The van der Waals surface area contributed by atoms with E-state index < -0.39 is 180 Å². The third-order valence-corrected chi connectivity index (χ3v) is 16.8. The molecule has 0 aliphatic heterocycles. The second kappa shape index (κ2) is 16.5. The lowest BCUT2D eigenvalue weighted by Crippen LogP contribution is -2.73. The van der Waals surface area contributed by atoms with Gasteiger partial charge in [0.1, 0.15) is 30.5 Å². The van der Waals surface area contributed by atoms with Crippen LogP contribution in [0, 0.1) is 116 Å². The minimum absolute atomic E-state index is 1.21. The van der Waals surface area contributed by atoms with E-state index in [4.69, 9.17) is 9.23 Å². The van der Waals surface area contributed by atoms with Gasteiger partial charge >= 0.3 is 19.2 Å². The zero-order chi connectivity index (χ0) is 48.9. The first kappa shape index (κ1) is 51.1. The first-order valence-electron chi connectivity index (χ1n) is 17.4. The summed E-state index contributed by atoms with van der Waals surface area (Å²) in [5.41, 5.74) is -15.0. The molecule has 4 aromatic carbocycles. The van der Waals surface area contributed by atoms with E-state index in [1.54, 1.807) is 0 Å². The molecule has 0 atom stereocenters. The molecule has 0 heterocycles. The second-order valence-electron chi connectivity index (χ2n) is 16.7. The van der Waals surface area contributed by atoms with E-state index in [2.05, 4.69) is 0 Å². The standard InChI is InChI=1S/C37H27B2F20O3P/c1-35(2,3)63(36(4,5)6,37(7,8)9)34(60)61-39(12-18(44)26(52)32(58)27(53)19(12)45,13-20(46)28(54)33(59)29(55)21(13)47)62-38(10-14(40)22(48)30(56)23(49)15(10)41)11-16(42)24(50)31(57)25(51)17(11)43/h1-9H3. The summed E-state index contributed by atoms with van der Waals surface area (Å²) in [7, 11) is -4.45. The van der Waals surface area contributed by atoms with Crippen molar-refractivity contribution in [2.45, 2.75) is 77.8 Å². The lowest BCUT2D eigenvalue weighted by Gasteiger charge is -2.54. The summed E-state index contributed by atoms with van der Waals surface area (Å²) in [6, 6.07) is 0. The van der Waals surface area contributed by atoms with Crippen LogP contribution in [0.3, 0.4) is 0 Å². The molecule has 344 valence electrons. The largest absolute Gasteiger partial charge is 0.628 e. The van der Waals surface area contributed by atoms with Crippen LogP contribution in [0.5, 0.6) is 0 Å². The van der Waals surface area contributed by atoms with Crippen molar-refractivity contribution in [2.75, 3.05) is 0 Å². The Bertz CT molecular complexity index is 2300. The van der Waals surface area contributed by atoms with Crippen LogP contribution >= 0.6 is 7.26 Å². The minimum Gasteiger partial charge on any atom is -0.628 e. The van der Waals surface area contributed by atoms with Crippen molar-refractivity contribution < 1.29 is 102 Å². The summed E-state index contributed by atoms with van der Waals surface area (Å²) in [5, 5.41) is -5.13. The van der Waals surface area contributed by atoms with E-state index in [0.29, 0.717) is 0 Å². The van der Waals surface area contributed by atoms with Gasteiger partial charge in [-0.2, -0.15) is 0 Å². The van der Waals surface area contributed by atoms with Gasteiger partial charge in [0.15, 0.2) is 93.1 Å². The normalized spacial score (nSPS) is 13.0. The average Bonchev–Trinajstić information content (AvgIpc) is 3.16. The van der Waals surface area contributed by atoms with Crippen molar-refractivity contribution in [2.24, 2.45) is 0 Å². The fourth-order valence-corrected chi connectivity index (χ4v) is 16.6. The Morgan fingerprint density at radius 3 is 0.762 bits per heavy atom. The molecule has 0 fully saturated rings. The molecule has 0 aliphatic carbocycles. The summed E-state index contributed by atoms with van der Waals surface area (Å²) in [4.78, 5) is 15.2. The van der Waals surface area contributed by atoms with Gasteiger partial charge in [0.2, 0.25) is 0 Å². The SMILES string of the molecule is CC(C)(C)[P+](C(=O)O[B-](OB(c1c(F)c(F)c(F)c(F)c1F)c1c(F)c(F)c(F)c(F)c1F)(c1c(F)c(F)c(F)c(F)c1F)c1c(F)c(F)c(F)c(F)c1F)(C(C)(C)C)C(C)(C)C. The molecule has 0 saturated carbocycles. The highest BCUT2D eigenvalue weighted by Gasteiger charge is 2.72. The van der Waals surface area contributed by atoms with Crippen LogP contribution in [0.15, 0.2) is 0 Å². The number of carbonyl (C=O) groups is 1. The average molecular weight is 952 g/mol. The van der Waals surface area contributed by atoms with Gasteiger partial charge in [-0.25, -0.2) is 92.6 Å². The van der Waals surface area contributed by atoms with Crippen LogP contribution < -0.4 is 21.9 Å². The Hall–Kier alpha value is -4.53. The molecule has 0 amide bonds. The van der Waals surface area contributed by atoms with E-state index in [9.17, 15) is 35.1 Å². The molecule has 0 aliphatic rings. The molecule has 0 aromatic heterocycles. The van der Waals surface area contributed by atoms with Crippen molar-refractivity contribution in [1.82, 2.24) is 0 Å². The zero-order valence-electron chi connectivity index (χ0n) is 33.4. The van der Waals surface area contributed by atoms with Crippen LogP contribution in [-0.4, -0.2) is 34.6 Å². The number of hydrogen-bond acceptors (Lipinski definition) is 3. The quantitative estimate of drug-likeness (QED) is 0.0581. The molecule has 4 rings (SSSR count). The molecule has 0 spiro atoms. The molecule has 4 aromatic rings. The number of benzene rings is 4. The van der Waals surface area contributed by atoms with Gasteiger partial charge in [0.05, 0.1) is 15.5 Å². The highest BCUT2D eigenvalue weighted by atomic mass is 31.2. The Labute approximate surface area is 344 Å². The van der Waals surface area contributed by atoms with E-state index in [1.165, 1.54) is 62.3 Å². The van der Waals surface area contributed by atoms with E-state index in [0.717, 1.165) is 0 Å². The Kier molecular flexibility index (Phi) is 13.4. The summed E-state index contributed by atoms with van der Waals surface area (Å²) in [5.74, 6) is -67.2. The smallest absolute Gasteiger partial charge is 0.407 e. The predicted octanol–water partition coefficient (Wildman–Crippen LogP) is 10.4. The van der Waals surface area contributed by atoms with Gasteiger partial charge in [-0.15, -0.1) is 0 Å². The maximum atomic E-state index is 16.4. The van der Waals surface area contributed by atoms with Crippen LogP contribution in [0.2, 0.25) is 0 Å². The van der Waals surface area contributed by atoms with Crippen molar-refractivity contribution in [3.05, 3.63) is 116 Å². The van der Waals surface area contributed by atoms with Crippen molar-refractivity contribution >= 4 is 48.3 Å². The van der Waals surface area contributed by atoms with E-state index >= 15 is 57.5 Å². The number of rotatable bonds is 8. The summed E-state index contributed by atoms with van der Waals surface area (Å²) >= 11 is 0. The topological polar surface area (TPSA) is 35.5 Å². The Morgan fingerprint density at radius 1 is 0.365 bits per heavy atom. The maximum Gasteiger partial charge on any atom is 0.407 e. The lowest BCUT2D eigenvalue weighted by atomic mass is 9.40. The first-order valence-corrected chi connectivity index (χ1v) is 19.2. The highest BCUT2D eigenvalue weighted by Crippen LogP contribution is 2.84. The monoisotopic (exact) mass is 952 g/mol. The lowest BCUT2D eigenvalue weighted by molar-refractivity contribution is 0.213. The van der Waals surface area contributed by atoms with Crippen LogP contribution in [0.4, 0.5) is 92.6 Å². The molecule has 0 saturated heterocycles. The summed E-state index contributed by atoms with van der Waals surface area (Å²) in [6.45, 7) is -0.840. The van der Waals surface area contributed by atoms with Crippen LogP contribution in [0.25, 0.3) is 0 Å². The predicted molar refractivity (Wildman–Crippen MR) is 189 cm³/mol. The number of carbonyl (C=O) groups excluding carboxylic acids is 1. The molecule has 0 N–H and O–H groups in total.